The van der Waals surface area contributed by atoms with Gasteiger partial charge in [-0.1, -0.05) is 245 Å². The second kappa shape index (κ2) is 60.1. The summed E-state index contributed by atoms with van der Waals surface area (Å²) in [6.07, 6.45) is 50.8. The minimum Gasteiger partial charge on any atom is -0.356 e. The van der Waals surface area contributed by atoms with Crippen molar-refractivity contribution in [3.05, 3.63) is 44.6 Å². The molecule has 0 saturated heterocycles. The van der Waals surface area contributed by atoms with Gasteiger partial charge in [-0.2, -0.15) is 0 Å². The third kappa shape index (κ3) is 47.3. The molecule has 0 aromatic carbocycles. The van der Waals surface area contributed by atoms with Gasteiger partial charge in [-0.3, -0.25) is 38.4 Å². The van der Waals surface area contributed by atoms with Gasteiger partial charge in [0.15, 0.2) is 0 Å². The highest BCUT2D eigenvalue weighted by atomic mass is 16.2. The van der Waals surface area contributed by atoms with E-state index >= 15 is 0 Å². The third-order valence-electron chi connectivity index (χ3n) is 30.1. The van der Waals surface area contributed by atoms with Gasteiger partial charge in [0.2, 0.25) is 35.4 Å². The zero-order valence-corrected chi connectivity index (χ0v) is 83.8. The molecule has 0 radical (unpaired) electrons. The molecule has 0 spiro atoms. The molecule has 123 heavy (non-hydrogen) atoms. The number of hydrogen-bond acceptors (Lipinski definition) is 8. The Hall–Kier alpha value is -4.88. The molecule has 0 aromatic rings. The number of nitrogens with one attached hydrogen (secondary N) is 6. The summed E-state index contributed by atoms with van der Waals surface area (Å²) in [5, 5.41) is 18.7. The Labute approximate surface area is 756 Å². The number of carbonyl (C=O) groups excluding carboxylic acids is 8. The van der Waals surface area contributed by atoms with Crippen LogP contribution in [0.3, 0.4) is 0 Å². The monoisotopic (exact) mass is 1720 g/mol. The highest BCUT2D eigenvalue weighted by molar-refractivity contribution is 5.88. The molecule has 708 valence electrons. The molecule has 0 aromatic heterocycles. The lowest BCUT2D eigenvalue weighted by Gasteiger charge is -2.35. The average Bonchev–Trinajstić information content (AvgIpc) is 0.836. The molecule has 4 aliphatic carbocycles. The summed E-state index contributed by atoms with van der Waals surface area (Å²) >= 11 is 0. The number of rotatable bonds is 68. The van der Waals surface area contributed by atoms with Gasteiger partial charge in [-0.05, 0) is 296 Å². The fraction of sp³-hybridized carbons (Fsp3) is 0.853. The van der Waals surface area contributed by atoms with E-state index in [2.05, 4.69) is 170 Å². The first-order chi connectivity index (χ1) is 58.3. The van der Waals surface area contributed by atoms with E-state index in [1.165, 1.54) is 154 Å². The number of hydrogen-bond donors (Lipinski definition) is 6. The summed E-state index contributed by atoms with van der Waals surface area (Å²) in [6, 6.07) is 0. The molecule has 6 amide bonds. The maximum atomic E-state index is 13.9. The molecule has 4 aliphatic rings. The molecular weight excluding hydrogens is 1520 g/mol. The van der Waals surface area contributed by atoms with Gasteiger partial charge < -0.3 is 31.9 Å². The van der Waals surface area contributed by atoms with Crippen molar-refractivity contribution in [1.82, 2.24) is 31.9 Å². The number of unbranched alkanes of at least 4 members (excludes halogenated alkanes) is 6. The highest BCUT2D eigenvalue weighted by Gasteiger charge is 2.34. The molecule has 6 N–H and O–H groups in total. The van der Waals surface area contributed by atoms with Crippen molar-refractivity contribution in [2.45, 2.75) is 479 Å². The fourth-order valence-corrected chi connectivity index (χ4v) is 21.7. The zero-order chi connectivity index (χ0) is 91.0. The van der Waals surface area contributed by atoms with Crippen LogP contribution in [0.1, 0.15) is 479 Å². The van der Waals surface area contributed by atoms with E-state index in [1.54, 1.807) is 44.6 Å². The van der Waals surface area contributed by atoms with Gasteiger partial charge in [0.1, 0.15) is 11.6 Å². The molecule has 14 nitrogen and oxygen atoms in total. The van der Waals surface area contributed by atoms with Crippen LogP contribution in [-0.2, 0) is 38.4 Å². The molecule has 0 fully saturated rings. The number of Topliss-reactive ketones (excluding diaryl/α,β-unsaturated/α-hetero) is 2. The molecule has 4 rings (SSSR count). The van der Waals surface area contributed by atoms with Crippen LogP contribution in [0, 0.1) is 80.8 Å². The number of carbonyl (C=O) groups is 8. The van der Waals surface area contributed by atoms with Gasteiger partial charge in [0.25, 0.3) is 0 Å². The number of allylic oxidation sites excluding steroid dienone is 8. The van der Waals surface area contributed by atoms with E-state index in [0.29, 0.717) is 141 Å². The molecule has 0 aliphatic heterocycles. The van der Waals surface area contributed by atoms with Crippen LogP contribution in [0.25, 0.3) is 0 Å². The van der Waals surface area contributed by atoms with Gasteiger partial charge in [0, 0.05) is 102 Å². The molecule has 10 unspecified atom stereocenters. The quantitative estimate of drug-likeness (QED) is 0.0254. The summed E-state index contributed by atoms with van der Waals surface area (Å²) in [7, 11) is 0. The molecule has 0 saturated carbocycles. The Morgan fingerprint density at radius 2 is 0.488 bits per heavy atom. The van der Waals surface area contributed by atoms with Crippen LogP contribution >= 0.6 is 0 Å². The van der Waals surface area contributed by atoms with Crippen LogP contribution in [0.15, 0.2) is 44.6 Å². The van der Waals surface area contributed by atoms with Gasteiger partial charge in [-0.25, -0.2) is 0 Å². The van der Waals surface area contributed by atoms with Crippen LogP contribution in [0.5, 0.6) is 0 Å². The van der Waals surface area contributed by atoms with Crippen molar-refractivity contribution < 1.29 is 38.4 Å². The standard InChI is InChI=1S/C109H194N6O8/c1-80(56-60-96-88(9)48-36-64-106(96,13)14)40-31-44-84(5)74-94(116)78-92(52-23-29-70-112-102(120)76-86(7)46-33-42-82(3)58-62-98-90(11)50-38-66-108(98,17)18)104(122)114-72-27-21-25-68-110-100(118)54-35-55-101(119)111-69-26-22-28-73-115-105(123)93(79-95(117)75-85(6)45-32-41-81(2)57-61-97-89(10)49-37-65-107(97,15)16)53-24-30-71-113-103(121)77-87(8)47-34-43-83(4)59-63-99-91(12)51-39-67-109(99,19)20/h80-87,92-93H,21-79H2,1-20H3,(H,110,118)(H,111,119)(H,112,120)(H,113,121)(H,114,122)(H,115,123). The van der Waals surface area contributed by atoms with Crippen LogP contribution < -0.4 is 31.9 Å². The molecule has 10 atom stereocenters. The molecule has 0 bridgehead atoms. The minimum atomic E-state index is -0.413. The first-order valence-corrected chi connectivity index (χ1v) is 51.7. The maximum absolute atomic E-state index is 13.9. The first kappa shape index (κ1) is 110. The highest BCUT2D eigenvalue weighted by Crippen LogP contribution is 2.47. The largest absolute Gasteiger partial charge is 0.356 e. The third-order valence-corrected chi connectivity index (χ3v) is 30.1. The summed E-state index contributed by atoms with van der Waals surface area (Å²) < 4.78 is 0. The smallest absolute Gasteiger partial charge is 0.223 e. The van der Waals surface area contributed by atoms with Crippen LogP contribution in [0.2, 0.25) is 0 Å². The zero-order valence-electron chi connectivity index (χ0n) is 83.8. The average molecular weight is 1720 g/mol. The predicted octanol–water partition coefficient (Wildman–Crippen LogP) is 27.2. The van der Waals surface area contributed by atoms with Gasteiger partial charge in [-0.15, -0.1) is 0 Å². The van der Waals surface area contributed by atoms with E-state index in [4.69, 9.17) is 0 Å². The normalized spacial score (nSPS) is 19.0. The van der Waals surface area contributed by atoms with E-state index in [1.807, 2.05) is 0 Å². The molecule has 0 heterocycles. The Morgan fingerprint density at radius 1 is 0.252 bits per heavy atom. The lowest BCUT2D eigenvalue weighted by Crippen LogP contribution is -2.33. The van der Waals surface area contributed by atoms with E-state index in [-0.39, 0.29) is 84.5 Å². The molecule has 14 heteroatoms. The lowest BCUT2D eigenvalue weighted by molar-refractivity contribution is -0.130. The summed E-state index contributed by atoms with van der Waals surface area (Å²) in [4.78, 5) is 107. The number of ketones is 2. The Kier molecular flexibility index (Phi) is 54.0. The van der Waals surface area contributed by atoms with Crippen LogP contribution in [0.4, 0.5) is 0 Å². The van der Waals surface area contributed by atoms with Crippen molar-refractivity contribution in [2.75, 3.05) is 39.3 Å². The van der Waals surface area contributed by atoms with Crippen LogP contribution in [-0.4, -0.2) is 86.3 Å². The Morgan fingerprint density at radius 3 is 0.756 bits per heavy atom. The number of amides is 6. The second-order valence-electron chi connectivity index (χ2n) is 44.3. The Balaban J connectivity index is 1.13. The lowest BCUT2D eigenvalue weighted by atomic mass is 9.70. The van der Waals surface area contributed by atoms with Crippen molar-refractivity contribution in [2.24, 2.45) is 80.8 Å². The Bertz CT molecular complexity index is 3040. The topological polar surface area (TPSA) is 209 Å². The van der Waals surface area contributed by atoms with E-state index in [9.17, 15) is 38.4 Å². The van der Waals surface area contributed by atoms with E-state index < -0.39 is 11.8 Å². The first-order valence-electron chi connectivity index (χ1n) is 51.7. The van der Waals surface area contributed by atoms with Crippen molar-refractivity contribution in [3.8, 4) is 0 Å². The van der Waals surface area contributed by atoms with E-state index in [0.717, 1.165) is 116 Å². The maximum Gasteiger partial charge on any atom is 0.223 e. The summed E-state index contributed by atoms with van der Waals surface area (Å²) in [5.74, 6) is 3.19. The summed E-state index contributed by atoms with van der Waals surface area (Å²) in [6.45, 7) is 50.2. The van der Waals surface area contributed by atoms with Crippen molar-refractivity contribution >= 4 is 47.0 Å². The minimum absolute atomic E-state index is 0.0732. The van der Waals surface area contributed by atoms with Crippen molar-refractivity contribution in [3.63, 3.8) is 0 Å². The van der Waals surface area contributed by atoms with Gasteiger partial charge in [0.05, 0.1) is 0 Å². The second-order valence-corrected chi connectivity index (χ2v) is 44.3. The fourth-order valence-electron chi connectivity index (χ4n) is 21.7. The SMILES string of the molecule is CC1=C(CCC(C)CCCC(C)CC(=O)CC(CCCCNC(=O)CC(C)CCCC(C)CCC2=C(C)CCCC2(C)C)C(=O)NCCCCCNC(=O)CCCC(=O)NCCCCCNC(=O)C(CCCCNC(=O)CC(C)CCCC(C)CCC2=C(C)CCCC2(C)C)CC(=O)CC(C)CCCC(C)CCC2=C(C)CCCC2(C)C)C(C)(C)CCC1. The predicted molar refractivity (Wildman–Crippen MR) is 519 cm³/mol. The van der Waals surface area contributed by atoms with Gasteiger partial charge >= 0.3 is 0 Å². The summed E-state index contributed by atoms with van der Waals surface area (Å²) in [5.41, 5.74) is 14.5. The molecular formula is C109H194N6O8. The van der Waals surface area contributed by atoms with Crippen molar-refractivity contribution in [1.29, 1.82) is 0 Å².